The highest BCUT2D eigenvalue weighted by atomic mass is 19.1. The van der Waals surface area contributed by atoms with Crippen molar-refractivity contribution in [2.45, 2.75) is 26.3 Å². The zero-order valence-electron chi connectivity index (χ0n) is 10.4. The van der Waals surface area contributed by atoms with Crippen LogP contribution in [-0.2, 0) is 0 Å². The number of aliphatic hydroxyl groups excluding tert-OH is 1. The quantitative estimate of drug-likeness (QED) is 0.765. The lowest BCUT2D eigenvalue weighted by atomic mass is 10.2. The Morgan fingerprint density at radius 1 is 1.47 bits per heavy atom. The molecule has 3 nitrogen and oxygen atoms in total. The predicted molar refractivity (Wildman–Crippen MR) is 65.8 cm³/mol. The van der Waals surface area contributed by atoms with E-state index in [4.69, 9.17) is 9.84 Å². The Morgan fingerprint density at radius 3 is 2.88 bits per heavy atom. The topological polar surface area (TPSA) is 41.5 Å². The minimum Gasteiger partial charge on any atom is -0.492 e. The second-order valence-corrected chi connectivity index (χ2v) is 3.99. The summed E-state index contributed by atoms with van der Waals surface area (Å²) in [6.07, 6.45) is 0.627. The first kappa shape index (κ1) is 13.9. The van der Waals surface area contributed by atoms with Crippen molar-refractivity contribution >= 4 is 0 Å². The summed E-state index contributed by atoms with van der Waals surface area (Å²) < 4.78 is 18.6. The molecule has 1 aromatic carbocycles. The Labute approximate surface area is 102 Å². The lowest BCUT2D eigenvalue weighted by Gasteiger charge is -2.18. The molecule has 0 aliphatic heterocycles. The van der Waals surface area contributed by atoms with Gasteiger partial charge in [0.2, 0.25) is 0 Å². The van der Waals surface area contributed by atoms with Crippen molar-refractivity contribution in [3.05, 3.63) is 29.6 Å². The fourth-order valence-corrected chi connectivity index (χ4v) is 1.61. The number of ether oxygens (including phenoxy) is 1. The molecule has 2 N–H and O–H groups in total. The Morgan fingerprint density at radius 2 is 2.24 bits per heavy atom. The van der Waals surface area contributed by atoms with Crippen LogP contribution in [0.1, 0.15) is 18.9 Å². The van der Waals surface area contributed by atoms with Crippen LogP contribution in [0.2, 0.25) is 0 Å². The van der Waals surface area contributed by atoms with Gasteiger partial charge < -0.3 is 15.2 Å². The fourth-order valence-electron chi connectivity index (χ4n) is 1.61. The van der Waals surface area contributed by atoms with Crippen LogP contribution in [-0.4, -0.2) is 30.9 Å². The second kappa shape index (κ2) is 7.25. The predicted octanol–water partition coefficient (Wildman–Crippen LogP) is 1.87. The number of hydrogen-bond acceptors (Lipinski definition) is 3. The van der Waals surface area contributed by atoms with Crippen LogP contribution in [0.5, 0.6) is 5.75 Å². The summed E-state index contributed by atoms with van der Waals surface area (Å²) >= 11 is 0. The SMILES string of the molecule is CCNC(CCO)COc1cc(F)ccc1C. The molecule has 0 saturated carbocycles. The van der Waals surface area contributed by atoms with Gasteiger partial charge in [-0.1, -0.05) is 13.0 Å². The van der Waals surface area contributed by atoms with E-state index in [1.165, 1.54) is 12.1 Å². The molecule has 1 unspecified atom stereocenters. The lowest BCUT2D eigenvalue weighted by molar-refractivity contribution is 0.214. The zero-order chi connectivity index (χ0) is 12.7. The molecule has 4 heteroatoms. The van der Waals surface area contributed by atoms with Crippen LogP contribution in [0.25, 0.3) is 0 Å². The Kier molecular flexibility index (Phi) is 5.94. The summed E-state index contributed by atoms with van der Waals surface area (Å²) in [7, 11) is 0. The largest absolute Gasteiger partial charge is 0.492 e. The summed E-state index contributed by atoms with van der Waals surface area (Å²) in [6, 6.07) is 4.58. The van der Waals surface area contributed by atoms with Gasteiger partial charge in [0, 0.05) is 18.7 Å². The summed E-state index contributed by atoms with van der Waals surface area (Å²) in [5, 5.41) is 12.1. The molecular weight excluding hydrogens is 221 g/mol. The molecule has 0 aliphatic rings. The Balaban J connectivity index is 2.55. The van der Waals surface area contributed by atoms with E-state index in [0.717, 1.165) is 12.1 Å². The first-order valence-electron chi connectivity index (χ1n) is 5.90. The molecule has 0 spiro atoms. The molecule has 1 aromatic rings. The van der Waals surface area contributed by atoms with Crippen molar-refractivity contribution in [1.29, 1.82) is 0 Å². The Hall–Kier alpha value is -1.13. The van der Waals surface area contributed by atoms with Gasteiger partial charge >= 0.3 is 0 Å². The van der Waals surface area contributed by atoms with Crippen LogP contribution in [0, 0.1) is 12.7 Å². The maximum Gasteiger partial charge on any atom is 0.126 e. The van der Waals surface area contributed by atoms with Crippen LogP contribution < -0.4 is 10.1 Å². The minimum atomic E-state index is -0.298. The minimum absolute atomic E-state index is 0.0904. The highest BCUT2D eigenvalue weighted by Gasteiger charge is 2.09. The third kappa shape index (κ3) is 4.71. The zero-order valence-corrected chi connectivity index (χ0v) is 10.4. The molecule has 96 valence electrons. The summed E-state index contributed by atoms with van der Waals surface area (Å²) in [5.41, 5.74) is 0.908. The van der Waals surface area contributed by atoms with E-state index >= 15 is 0 Å². The van der Waals surface area contributed by atoms with E-state index in [-0.39, 0.29) is 18.5 Å². The van der Waals surface area contributed by atoms with E-state index in [1.54, 1.807) is 6.07 Å². The van der Waals surface area contributed by atoms with E-state index in [0.29, 0.717) is 18.8 Å². The van der Waals surface area contributed by atoms with Crippen molar-refractivity contribution in [3.63, 3.8) is 0 Å². The molecule has 0 aromatic heterocycles. The molecule has 0 amide bonds. The third-order valence-corrected chi connectivity index (χ3v) is 2.56. The molecule has 1 rings (SSSR count). The highest BCUT2D eigenvalue weighted by Crippen LogP contribution is 2.18. The maximum atomic E-state index is 13.0. The molecule has 0 aliphatic carbocycles. The van der Waals surface area contributed by atoms with Crippen LogP contribution >= 0.6 is 0 Å². The number of hydrogen-bond donors (Lipinski definition) is 2. The Bertz CT molecular complexity index is 338. The van der Waals surface area contributed by atoms with Crippen LogP contribution in [0.15, 0.2) is 18.2 Å². The molecular formula is C13H20FNO2. The molecule has 0 fully saturated rings. The molecule has 17 heavy (non-hydrogen) atoms. The maximum absolute atomic E-state index is 13.0. The smallest absolute Gasteiger partial charge is 0.126 e. The first-order valence-corrected chi connectivity index (χ1v) is 5.90. The average molecular weight is 241 g/mol. The second-order valence-electron chi connectivity index (χ2n) is 3.99. The van der Waals surface area contributed by atoms with Gasteiger partial charge in [0.1, 0.15) is 18.2 Å². The van der Waals surface area contributed by atoms with Gasteiger partial charge in [-0.3, -0.25) is 0 Å². The molecule has 0 radical (unpaired) electrons. The van der Waals surface area contributed by atoms with E-state index in [1.807, 2.05) is 13.8 Å². The summed E-state index contributed by atoms with van der Waals surface area (Å²) in [5.74, 6) is 0.263. The van der Waals surface area contributed by atoms with E-state index in [2.05, 4.69) is 5.32 Å². The fraction of sp³-hybridized carbons (Fsp3) is 0.538. The molecule has 0 heterocycles. The molecule has 0 saturated heterocycles. The van der Waals surface area contributed by atoms with Gasteiger partial charge in [-0.25, -0.2) is 4.39 Å². The number of benzene rings is 1. The summed E-state index contributed by atoms with van der Waals surface area (Å²) in [4.78, 5) is 0. The highest BCUT2D eigenvalue weighted by molar-refractivity contribution is 5.32. The van der Waals surface area contributed by atoms with Crippen molar-refractivity contribution in [3.8, 4) is 5.75 Å². The van der Waals surface area contributed by atoms with Gasteiger partial charge in [0.15, 0.2) is 0 Å². The van der Waals surface area contributed by atoms with E-state index in [9.17, 15) is 4.39 Å². The summed E-state index contributed by atoms with van der Waals surface area (Å²) in [6.45, 7) is 5.24. The van der Waals surface area contributed by atoms with Crippen LogP contribution in [0.4, 0.5) is 4.39 Å². The number of rotatable bonds is 7. The number of likely N-dealkylation sites (N-methyl/N-ethyl adjacent to an activating group) is 1. The van der Waals surface area contributed by atoms with Crippen molar-refractivity contribution < 1.29 is 14.2 Å². The van der Waals surface area contributed by atoms with Crippen LogP contribution in [0.3, 0.4) is 0 Å². The number of aliphatic hydroxyl groups is 1. The third-order valence-electron chi connectivity index (χ3n) is 2.56. The number of nitrogens with one attached hydrogen (secondary N) is 1. The van der Waals surface area contributed by atoms with E-state index < -0.39 is 0 Å². The average Bonchev–Trinajstić information content (AvgIpc) is 2.30. The van der Waals surface area contributed by atoms with Gasteiger partial charge in [-0.05, 0) is 31.5 Å². The molecule has 0 bridgehead atoms. The van der Waals surface area contributed by atoms with Crippen molar-refractivity contribution in [1.82, 2.24) is 5.32 Å². The van der Waals surface area contributed by atoms with Gasteiger partial charge in [0.05, 0.1) is 0 Å². The van der Waals surface area contributed by atoms with Crippen molar-refractivity contribution in [2.24, 2.45) is 0 Å². The van der Waals surface area contributed by atoms with Gasteiger partial charge in [-0.15, -0.1) is 0 Å². The normalized spacial score (nSPS) is 12.5. The lowest BCUT2D eigenvalue weighted by Crippen LogP contribution is -2.35. The standard InChI is InChI=1S/C13H20FNO2/c1-3-15-12(6-7-16)9-17-13-8-11(14)5-4-10(13)2/h4-5,8,12,15-16H,3,6-7,9H2,1-2H3. The van der Waals surface area contributed by atoms with Gasteiger partial charge in [-0.2, -0.15) is 0 Å². The monoisotopic (exact) mass is 241 g/mol. The first-order chi connectivity index (χ1) is 8.17. The number of halogens is 1. The van der Waals surface area contributed by atoms with Crippen molar-refractivity contribution in [2.75, 3.05) is 19.8 Å². The number of aryl methyl sites for hydroxylation is 1. The molecule has 1 atom stereocenters. The van der Waals surface area contributed by atoms with Gasteiger partial charge in [0.25, 0.3) is 0 Å².